The molecule has 2 aliphatic heterocycles. The fourth-order valence-electron chi connectivity index (χ4n) is 7.85. The first-order chi connectivity index (χ1) is 26.4. The molecule has 0 spiro atoms. The number of carbonyl (C=O) groups is 2. The maximum Gasteiger partial charge on any atom is 0.274 e. The van der Waals surface area contributed by atoms with Gasteiger partial charge in [0.05, 0.1) is 10.4 Å². The summed E-state index contributed by atoms with van der Waals surface area (Å²) in [6, 6.07) is 27.2. The van der Waals surface area contributed by atoms with Crippen LogP contribution in [0.25, 0.3) is 31.9 Å². The van der Waals surface area contributed by atoms with Crippen LogP contribution in [0.1, 0.15) is 56.4 Å². The number of thiophene rings is 1. The first-order valence-electron chi connectivity index (χ1n) is 18.4. The molecule has 0 aliphatic carbocycles. The zero-order chi connectivity index (χ0) is 36.8. The third kappa shape index (κ3) is 6.59. The van der Waals surface area contributed by atoms with Crippen LogP contribution in [0.3, 0.4) is 0 Å². The summed E-state index contributed by atoms with van der Waals surface area (Å²) in [5.74, 6) is 1.52. The van der Waals surface area contributed by atoms with E-state index in [0.717, 1.165) is 85.4 Å². The molecule has 0 bridgehead atoms. The van der Waals surface area contributed by atoms with Gasteiger partial charge >= 0.3 is 0 Å². The summed E-state index contributed by atoms with van der Waals surface area (Å²) >= 11 is 8.23. The van der Waals surface area contributed by atoms with E-state index in [4.69, 9.17) is 21.1 Å². The van der Waals surface area contributed by atoms with Gasteiger partial charge in [-0.05, 0) is 103 Å². The number of carbonyl (C=O) groups excluding carboxylic acids is 2. The number of hydrogen-bond acceptors (Lipinski definition) is 6. The van der Waals surface area contributed by atoms with Crippen molar-refractivity contribution in [2.75, 3.05) is 48.9 Å². The maximum absolute atomic E-state index is 14.3. The van der Waals surface area contributed by atoms with Gasteiger partial charge in [-0.2, -0.15) is 0 Å². The van der Waals surface area contributed by atoms with Crippen molar-refractivity contribution >= 4 is 78.0 Å². The van der Waals surface area contributed by atoms with Crippen LogP contribution in [-0.2, 0) is 6.61 Å². The Morgan fingerprint density at radius 1 is 0.907 bits per heavy atom. The fraction of sp³-hybridized carbons (Fsp3) is 0.256. The number of hydrogen-bond donors (Lipinski definition) is 3. The van der Waals surface area contributed by atoms with Crippen LogP contribution >= 0.6 is 22.9 Å². The molecule has 9 nitrogen and oxygen atoms in total. The largest absolute Gasteiger partial charge is 0.492 e. The van der Waals surface area contributed by atoms with E-state index >= 15 is 0 Å². The molecule has 1 saturated heterocycles. The minimum Gasteiger partial charge on any atom is -0.492 e. The third-order valence-corrected chi connectivity index (χ3v) is 12.1. The lowest BCUT2D eigenvalue weighted by molar-refractivity contribution is 0.0982. The Hall–Kier alpha value is -5.29. The van der Waals surface area contributed by atoms with E-state index in [2.05, 4.69) is 32.5 Å². The molecule has 3 aromatic heterocycles. The van der Waals surface area contributed by atoms with Gasteiger partial charge in [-0.1, -0.05) is 30.3 Å². The van der Waals surface area contributed by atoms with Crippen LogP contribution in [0.4, 0.5) is 11.4 Å². The first kappa shape index (κ1) is 34.5. The van der Waals surface area contributed by atoms with Gasteiger partial charge in [0, 0.05) is 63.8 Å². The smallest absolute Gasteiger partial charge is 0.274 e. The lowest BCUT2D eigenvalue weighted by Gasteiger charge is -2.18. The summed E-state index contributed by atoms with van der Waals surface area (Å²) in [6.45, 7) is 6.84. The van der Waals surface area contributed by atoms with Crippen molar-refractivity contribution in [1.82, 2.24) is 14.9 Å². The highest BCUT2D eigenvalue weighted by Crippen LogP contribution is 2.49. The molecule has 274 valence electrons. The van der Waals surface area contributed by atoms with Gasteiger partial charge in [-0.3, -0.25) is 14.5 Å². The third-order valence-electron chi connectivity index (χ3n) is 10.6. The number of aromatic nitrogens is 2. The molecule has 0 radical (unpaired) electrons. The van der Waals surface area contributed by atoms with Crippen LogP contribution in [0, 0.1) is 6.92 Å². The number of anilines is 2. The minimum absolute atomic E-state index is 0.0145. The highest BCUT2D eigenvalue weighted by Gasteiger charge is 2.36. The summed E-state index contributed by atoms with van der Waals surface area (Å²) in [5, 5.41) is 8.00. The Morgan fingerprint density at radius 3 is 2.48 bits per heavy atom. The number of aromatic amines is 2. The molecule has 1 atom stereocenters. The van der Waals surface area contributed by atoms with Gasteiger partial charge in [0.25, 0.3) is 11.8 Å². The number of H-pyrrole nitrogens is 2. The zero-order valence-corrected chi connectivity index (χ0v) is 31.5. The van der Waals surface area contributed by atoms with Crippen molar-refractivity contribution in [3.8, 4) is 11.5 Å². The number of fused-ring (bicyclic) bond motifs is 5. The quantitative estimate of drug-likeness (QED) is 0.114. The van der Waals surface area contributed by atoms with Gasteiger partial charge in [-0.15, -0.1) is 22.9 Å². The van der Waals surface area contributed by atoms with Crippen LogP contribution < -0.4 is 19.7 Å². The number of ether oxygens (including phenoxy) is 2. The van der Waals surface area contributed by atoms with Gasteiger partial charge < -0.3 is 29.7 Å². The highest BCUT2D eigenvalue weighted by molar-refractivity contribution is 7.17. The molecule has 0 unspecified atom stereocenters. The second kappa shape index (κ2) is 14.5. The summed E-state index contributed by atoms with van der Waals surface area (Å²) in [4.78, 5) is 38.5. The normalized spacial score (nSPS) is 15.7. The van der Waals surface area contributed by atoms with Crippen molar-refractivity contribution in [3.63, 3.8) is 0 Å². The summed E-state index contributed by atoms with van der Waals surface area (Å²) in [7, 11) is 0. The fourth-order valence-corrected chi connectivity index (χ4v) is 9.14. The van der Waals surface area contributed by atoms with E-state index < -0.39 is 0 Å². The number of nitrogens with one attached hydrogen (secondary N) is 3. The molecule has 9 rings (SSSR count). The number of nitrogens with zero attached hydrogens (tertiary/aromatic N) is 2. The average Bonchev–Trinajstić information content (AvgIpc) is 4.04. The standard InChI is InChI=1S/C43H40ClN5O4S/c1-26-25-54-41-38(53-24-27-7-3-2-4-8-27)21-37-40(39(26)41)30(22-44)23-49(37)43(51)36-20-28-17-31(9-11-33(28)47-36)45-42(50)35-19-29-18-32(10-12-34(29)46-35)52-16-15-48-13-5-6-14-48/h2-4,7-12,17-21,25,30,46-47H,5-6,13-16,22-24H2,1H3,(H,45,50)/t30-/m1/s1. The van der Waals surface area contributed by atoms with Crippen LogP contribution in [0.15, 0.2) is 90.3 Å². The van der Waals surface area contributed by atoms with Crippen molar-refractivity contribution in [3.05, 3.63) is 118 Å². The number of rotatable bonds is 11. The van der Waals surface area contributed by atoms with Gasteiger partial charge in [0.15, 0.2) is 0 Å². The zero-order valence-electron chi connectivity index (χ0n) is 29.9. The summed E-state index contributed by atoms with van der Waals surface area (Å²) in [6.07, 6.45) is 2.52. The molecule has 0 saturated carbocycles. The Kier molecular flexibility index (Phi) is 9.26. The summed E-state index contributed by atoms with van der Waals surface area (Å²) in [5.41, 5.74) is 7.33. The monoisotopic (exact) mass is 757 g/mol. The molecule has 3 N–H and O–H groups in total. The second-order valence-electron chi connectivity index (χ2n) is 14.2. The van der Waals surface area contributed by atoms with Crippen LogP contribution in [-0.4, -0.2) is 65.3 Å². The van der Waals surface area contributed by atoms with E-state index in [1.54, 1.807) is 11.3 Å². The van der Waals surface area contributed by atoms with Crippen molar-refractivity contribution in [2.45, 2.75) is 32.3 Å². The lowest BCUT2D eigenvalue weighted by Crippen LogP contribution is -2.30. The Labute approximate surface area is 321 Å². The van der Waals surface area contributed by atoms with Crippen molar-refractivity contribution in [1.29, 1.82) is 0 Å². The van der Waals surface area contributed by atoms with Gasteiger partial charge in [0.1, 0.15) is 36.1 Å². The van der Waals surface area contributed by atoms with Crippen molar-refractivity contribution in [2.24, 2.45) is 0 Å². The molecule has 1 fully saturated rings. The maximum atomic E-state index is 14.3. The van der Waals surface area contributed by atoms with Gasteiger partial charge in [-0.25, -0.2) is 0 Å². The average molecular weight is 758 g/mol. The number of amides is 2. The molecule has 2 aliphatic rings. The van der Waals surface area contributed by atoms with Crippen LogP contribution in [0.5, 0.6) is 11.5 Å². The van der Waals surface area contributed by atoms with E-state index in [0.29, 0.717) is 42.7 Å². The molecular weight excluding hydrogens is 718 g/mol. The second-order valence-corrected chi connectivity index (χ2v) is 15.4. The molecule has 4 aromatic carbocycles. The predicted octanol–water partition coefficient (Wildman–Crippen LogP) is 9.46. The predicted molar refractivity (Wildman–Crippen MR) is 218 cm³/mol. The number of alkyl halides is 1. The van der Waals surface area contributed by atoms with E-state index in [1.165, 1.54) is 12.8 Å². The number of likely N-dealkylation sites (tertiary alicyclic amines) is 1. The summed E-state index contributed by atoms with van der Waals surface area (Å²) < 4.78 is 13.5. The van der Waals surface area contributed by atoms with E-state index in [-0.39, 0.29) is 17.7 Å². The molecule has 54 heavy (non-hydrogen) atoms. The highest BCUT2D eigenvalue weighted by atomic mass is 35.5. The topological polar surface area (TPSA) is 103 Å². The number of benzene rings is 4. The van der Waals surface area contributed by atoms with Crippen LogP contribution in [0.2, 0.25) is 0 Å². The van der Waals surface area contributed by atoms with E-state index in [9.17, 15) is 9.59 Å². The Bertz CT molecular complexity index is 2520. The SMILES string of the molecule is Cc1csc2c(OCc3ccccc3)cc3c(c12)[C@H](CCl)CN3C(=O)c1cc2cc(NC(=O)c3cc4cc(OCCN5CCCC5)ccc4[nH]3)ccc2[nH]1. The Balaban J connectivity index is 0.929. The molecule has 7 aromatic rings. The Morgan fingerprint density at radius 2 is 1.67 bits per heavy atom. The molecule has 5 heterocycles. The number of aryl methyl sites for hydroxylation is 1. The minimum atomic E-state index is -0.255. The lowest BCUT2D eigenvalue weighted by atomic mass is 9.97. The van der Waals surface area contributed by atoms with Gasteiger partial charge in [0.2, 0.25) is 0 Å². The van der Waals surface area contributed by atoms with E-state index in [1.807, 2.05) is 89.8 Å². The molecular formula is C43H40ClN5O4S. The number of halogens is 1. The first-order valence-corrected chi connectivity index (χ1v) is 19.8. The van der Waals surface area contributed by atoms with Crippen molar-refractivity contribution < 1.29 is 19.1 Å². The molecule has 2 amide bonds. The molecule has 11 heteroatoms.